The Morgan fingerprint density at radius 3 is 2.64 bits per heavy atom. The molecular weight excluding hydrogens is 563 g/mol. The molecule has 7 rings (SSSR count). The van der Waals surface area contributed by atoms with E-state index in [0.29, 0.717) is 31.7 Å². The van der Waals surface area contributed by atoms with Gasteiger partial charge in [-0.1, -0.05) is 18.2 Å². The van der Waals surface area contributed by atoms with Crippen LogP contribution in [0.3, 0.4) is 0 Å². The van der Waals surface area contributed by atoms with Crippen LogP contribution in [-0.4, -0.2) is 70.8 Å². The van der Waals surface area contributed by atoms with Crippen LogP contribution >= 0.6 is 0 Å². The second-order valence-corrected chi connectivity index (χ2v) is 12.7. The second kappa shape index (κ2) is 11.4. The van der Waals surface area contributed by atoms with Crippen LogP contribution in [0.2, 0.25) is 0 Å². The average molecular weight is 601 g/mol. The summed E-state index contributed by atoms with van der Waals surface area (Å²) < 4.78 is 16.4. The SMILES string of the molecule is NC1Cc2ccc(-c3cnc4c(=O)n(CC5(O)CCN(C(=O)C6CCC(Nc7cccc(F)n7)CC6)CC5)cnn34)cc2C1. The number of carbonyl (C=O) groups excluding carboxylic acids is 1. The summed E-state index contributed by atoms with van der Waals surface area (Å²) in [7, 11) is 0. The lowest BCUT2D eigenvalue weighted by Crippen LogP contribution is -2.51. The maximum atomic E-state index is 13.4. The molecule has 4 heterocycles. The van der Waals surface area contributed by atoms with E-state index >= 15 is 0 Å². The number of halogens is 1. The van der Waals surface area contributed by atoms with Gasteiger partial charge in [-0.25, -0.2) is 14.5 Å². The first-order chi connectivity index (χ1) is 21.2. The Hall–Kier alpha value is -4.16. The molecule has 0 bridgehead atoms. The molecule has 4 N–H and O–H groups in total. The van der Waals surface area contributed by atoms with Gasteiger partial charge in [0.2, 0.25) is 17.5 Å². The fourth-order valence-corrected chi connectivity index (χ4v) is 7.08. The van der Waals surface area contributed by atoms with Crippen LogP contribution in [0.4, 0.5) is 10.2 Å². The Morgan fingerprint density at radius 2 is 1.86 bits per heavy atom. The third-order valence-electron chi connectivity index (χ3n) is 9.58. The predicted molar refractivity (Wildman–Crippen MR) is 162 cm³/mol. The minimum absolute atomic E-state index is 0.0639. The van der Waals surface area contributed by atoms with Crippen LogP contribution in [0, 0.1) is 11.9 Å². The summed E-state index contributed by atoms with van der Waals surface area (Å²) in [5, 5.41) is 19.2. The van der Waals surface area contributed by atoms with E-state index in [2.05, 4.69) is 32.5 Å². The minimum atomic E-state index is -1.13. The number of pyridine rings is 1. The number of aromatic nitrogens is 5. The van der Waals surface area contributed by atoms with Gasteiger partial charge >= 0.3 is 0 Å². The largest absolute Gasteiger partial charge is 0.388 e. The standard InChI is InChI=1S/C32H37FN8O3/c33-27-2-1-3-28(38-27)37-25-8-6-20(7-9-25)30(42)39-12-10-32(44,11-13-39)18-40-19-36-41-26(17-35-29(41)31(40)43)22-5-4-21-15-24(34)16-23(21)14-22/h1-5,14,17,19-20,24-25,44H,6-13,15-16,18,34H2,(H,37,38). The summed E-state index contributed by atoms with van der Waals surface area (Å²) in [5.74, 6) is 0.0541. The molecule has 1 unspecified atom stereocenters. The molecule has 1 saturated heterocycles. The molecular formula is C32H37FN8O3. The lowest BCUT2D eigenvalue weighted by molar-refractivity contribution is -0.141. The number of aliphatic hydroxyl groups is 1. The van der Waals surface area contributed by atoms with E-state index in [-0.39, 0.29) is 41.7 Å². The highest BCUT2D eigenvalue weighted by molar-refractivity contribution is 5.79. The molecule has 230 valence electrons. The van der Waals surface area contributed by atoms with Crippen LogP contribution < -0.4 is 16.6 Å². The van der Waals surface area contributed by atoms with Gasteiger partial charge in [0.05, 0.1) is 24.0 Å². The van der Waals surface area contributed by atoms with Crippen molar-refractivity contribution in [3.8, 4) is 11.3 Å². The van der Waals surface area contributed by atoms with Gasteiger partial charge < -0.3 is 21.1 Å². The predicted octanol–water partition coefficient (Wildman–Crippen LogP) is 2.54. The maximum Gasteiger partial charge on any atom is 0.296 e. The zero-order valence-electron chi connectivity index (χ0n) is 24.5. The monoisotopic (exact) mass is 600 g/mol. The molecule has 1 amide bonds. The Bertz CT molecular complexity index is 1750. The lowest BCUT2D eigenvalue weighted by Gasteiger charge is -2.40. The number of rotatable bonds is 6. The number of hydrogen-bond donors (Lipinski definition) is 3. The number of hydrogen-bond acceptors (Lipinski definition) is 8. The molecule has 1 saturated carbocycles. The average Bonchev–Trinajstić information content (AvgIpc) is 3.62. The molecule has 44 heavy (non-hydrogen) atoms. The lowest BCUT2D eigenvalue weighted by atomic mass is 9.84. The third kappa shape index (κ3) is 5.59. The summed E-state index contributed by atoms with van der Waals surface area (Å²) in [6, 6.07) is 11.2. The van der Waals surface area contributed by atoms with E-state index in [1.54, 1.807) is 22.8 Å². The quantitative estimate of drug-likeness (QED) is 0.287. The molecule has 3 aromatic heterocycles. The van der Waals surface area contributed by atoms with Gasteiger partial charge in [0.25, 0.3) is 5.56 Å². The van der Waals surface area contributed by atoms with Crippen molar-refractivity contribution in [1.82, 2.24) is 29.0 Å². The van der Waals surface area contributed by atoms with Crippen molar-refractivity contribution in [2.75, 3.05) is 18.4 Å². The van der Waals surface area contributed by atoms with Crippen molar-refractivity contribution in [2.24, 2.45) is 11.7 Å². The van der Waals surface area contributed by atoms with Gasteiger partial charge in [-0.3, -0.25) is 14.2 Å². The fourth-order valence-electron chi connectivity index (χ4n) is 7.08. The number of nitrogens with two attached hydrogens (primary N) is 1. The molecule has 11 nitrogen and oxygen atoms in total. The van der Waals surface area contributed by atoms with Crippen molar-refractivity contribution in [2.45, 2.75) is 75.6 Å². The second-order valence-electron chi connectivity index (χ2n) is 12.7. The molecule has 1 aromatic carbocycles. The maximum absolute atomic E-state index is 13.4. The van der Waals surface area contributed by atoms with Gasteiger partial charge in [0, 0.05) is 36.7 Å². The Kier molecular flexibility index (Phi) is 7.41. The third-order valence-corrected chi connectivity index (χ3v) is 9.58. The highest BCUT2D eigenvalue weighted by Crippen LogP contribution is 2.31. The fraction of sp³-hybridized carbons (Fsp3) is 0.469. The van der Waals surface area contributed by atoms with Crippen LogP contribution in [0.5, 0.6) is 0 Å². The van der Waals surface area contributed by atoms with E-state index in [1.165, 1.54) is 28.1 Å². The number of benzene rings is 1. The summed E-state index contributed by atoms with van der Waals surface area (Å²) >= 11 is 0. The molecule has 3 aliphatic rings. The number of carbonyl (C=O) groups is 1. The molecule has 1 aliphatic heterocycles. The number of imidazole rings is 1. The molecule has 12 heteroatoms. The molecule has 0 spiro atoms. The van der Waals surface area contributed by atoms with E-state index in [0.717, 1.165) is 49.8 Å². The Morgan fingerprint density at radius 1 is 1.09 bits per heavy atom. The van der Waals surface area contributed by atoms with Crippen molar-refractivity contribution in [3.05, 3.63) is 76.4 Å². The van der Waals surface area contributed by atoms with Crippen LogP contribution in [-0.2, 0) is 24.2 Å². The summed E-state index contributed by atoms with van der Waals surface area (Å²) in [6.07, 6.45) is 8.67. The topological polar surface area (TPSA) is 144 Å². The van der Waals surface area contributed by atoms with Gasteiger partial charge in [0.15, 0.2) is 0 Å². The number of piperidine rings is 1. The smallest absolute Gasteiger partial charge is 0.296 e. The first-order valence-electron chi connectivity index (χ1n) is 15.5. The normalized spacial score (nSPS) is 23.1. The first kappa shape index (κ1) is 28.6. The number of fused-ring (bicyclic) bond motifs is 2. The zero-order chi connectivity index (χ0) is 30.4. The Balaban J connectivity index is 0.960. The molecule has 4 aromatic rings. The molecule has 2 aliphatic carbocycles. The van der Waals surface area contributed by atoms with Crippen LogP contribution in [0.25, 0.3) is 16.9 Å². The van der Waals surface area contributed by atoms with Gasteiger partial charge in [-0.2, -0.15) is 9.49 Å². The summed E-state index contributed by atoms with van der Waals surface area (Å²) in [6.45, 7) is 0.947. The van der Waals surface area contributed by atoms with Gasteiger partial charge in [-0.05, 0) is 80.7 Å². The Labute approximate surface area is 253 Å². The van der Waals surface area contributed by atoms with Crippen molar-refractivity contribution >= 4 is 17.4 Å². The van der Waals surface area contributed by atoms with E-state index in [1.807, 2.05) is 11.0 Å². The number of nitrogens with zero attached hydrogens (tertiary/aromatic N) is 6. The number of amides is 1. The van der Waals surface area contributed by atoms with Crippen molar-refractivity contribution < 1.29 is 14.3 Å². The highest BCUT2D eigenvalue weighted by Gasteiger charge is 2.37. The van der Waals surface area contributed by atoms with Gasteiger partial charge in [0.1, 0.15) is 12.1 Å². The van der Waals surface area contributed by atoms with Crippen LogP contribution in [0.15, 0.2) is 53.7 Å². The summed E-state index contributed by atoms with van der Waals surface area (Å²) in [4.78, 5) is 36.8. The van der Waals surface area contributed by atoms with Gasteiger partial charge in [-0.15, -0.1) is 0 Å². The number of nitrogens with one attached hydrogen (secondary N) is 1. The first-order valence-corrected chi connectivity index (χ1v) is 15.5. The van der Waals surface area contributed by atoms with E-state index < -0.39 is 11.5 Å². The molecule has 2 fully saturated rings. The van der Waals surface area contributed by atoms with Crippen LogP contribution in [0.1, 0.15) is 49.7 Å². The van der Waals surface area contributed by atoms with E-state index in [4.69, 9.17) is 5.73 Å². The zero-order valence-corrected chi connectivity index (χ0v) is 24.5. The van der Waals surface area contributed by atoms with Crippen molar-refractivity contribution in [1.29, 1.82) is 0 Å². The molecule has 1 atom stereocenters. The number of likely N-dealkylation sites (tertiary alicyclic amines) is 1. The number of anilines is 1. The van der Waals surface area contributed by atoms with Crippen molar-refractivity contribution in [3.63, 3.8) is 0 Å². The minimum Gasteiger partial charge on any atom is -0.388 e. The van der Waals surface area contributed by atoms with E-state index in [9.17, 15) is 19.1 Å². The highest BCUT2D eigenvalue weighted by atomic mass is 19.1. The molecule has 0 radical (unpaired) electrons. The summed E-state index contributed by atoms with van der Waals surface area (Å²) in [5.41, 5.74) is 9.01.